The van der Waals surface area contributed by atoms with Gasteiger partial charge in [-0.2, -0.15) is 0 Å². The van der Waals surface area contributed by atoms with Crippen molar-refractivity contribution >= 4 is 5.65 Å². The van der Waals surface area contributed by atoms with Crippen molar-refractivity contribution in [2.45, 2.75) is 44.7 Å². The van der Waals surface area contributed by atoms with E-state index in [9.17, 15) is 0 Å². The predicted octanol–water partition coefficient (Wildman–Crippen LogP) is 3.35. The minimum atomic E-state index is -0.402. The molecule has 3 aromatic heterocycles. The van der Waals surface area contributed by atoms with Crippen LogP contribution in [0.4, 0.5) is 0 Å². The van der Waals surface area contributed by atoms with Crippen LogP contribution in [-0.2, 0) is 16.0 Å². The third-order valence-electron chi connectivity index (χ3n) is 6.56. The van der Waals surface area contributed by atoms with Crippen LogP contribution in [0.25, 0.3) is 5.65 Å². The van der Waals surface area contributed by atoms with Gasteiger partial charge in [0.2, 0.25) is 6.29 Å². The second kappa shape index (κ2) is 8.67. The van der Waals surface area contributed by atoms with Crippen LogP contribution in [0.15, 0.2) is 42.7 Å². The van der Waals surface area contributed by atoms with Gasteiger partial charge in [-0.15, -0.1) is 0 Å². The lowest BCUT2D eigenvalue weighted by molar-refractivity contribution is -0.208. The number of rotatable bonds is 5. The van der Waals surface area contributed by atoms with E-state index in [1.54, 1.807) is 0 Å². The fraction of sp³-hybridized carbons (Fsp3) is 0.500. The summed E-state index contributed by atoms with van der Waals surface area (Å²) in [6, 6.07) is 10.9. The quantitative estimate of drug-likeness (QED) is 0.630. The van der Waals surface area contributed by atoms with E-state index in [0.717, 1.165) is 36.5 Å². The summed E-state index contributed by atoms with van der Waals surface area (Å²) in [4.78, 5) is 14.4. The summed E-state index contributed by atoms with van der Waals surface area (Å²) in [5.41, 5.74) is 5.41. The van der Waals surface area contributed by atoms with E-state index in [1.165, 1.54) is 17.7 Å². The summed E-state index contributed by atoms with van der Waals surface area (Å²) in [6.07, 6.45) is 5.85. The van der Waals surface area contributed by atoms with E-state index in [1.807, 2.05) is 30.5 Å². The van der Waals surface area contributed by atoms with E-state index in [0.29, 0.717) is 19.3 Å². The van der Waals surface area contributed by atoms with E-state index >= 15 is 0 Å². The van der Waals surface area contributed by atoms with E-state index in [-0.39, 0.29) is 6.04 Å². The molecule has 2 aliphatic heterocycles. The lowest BCUT2D eigenvalue weighted by atomic mass is 10.1. The molecule has 0 aromatic carbocycles. The molecule has 0 N–H and O–H groups in total. The van der Waals surface area contributed by atoms with Crippen LogP contribution in [0, 0.1) is 6.92 Å². The van der Waals surface area contributed by atoms with Gasteiger partial charge in [0.15, 0.2) is 0 Å². The molecule has 31 heavy (non-hydrogen) atoms. The third-order valence-corrected chi connectivity index (χ3v) is 6.56. The molecular weight excluding hydrogens is 390 g/mol. The SMILES string of the molecule is Cc1cccnc1C1CCCN1Cc1nc2ccccn2c1C1OCC(N(C)C)CO1. The van der Waals surface area contributed by atoms with E-state index in [4.69, 9.17) is 19.4 Å². The normalized spacial score (nSPS) is 25.0. The van der Waals surface area contributed by atoms with Gasteiger partial charge in [0.1, 0.15) is 11.3 Å². The molecule has 2 saturated heterocycles. The molecule has 1 atom stereocenters. The molecule has 7 nitrogen and oxygen atoms in total. The molecule has 7 heteroatoms. The Labute approximate surface area is 183 Å². The van der Waals surface area contributed by atoms with Crippen LogP contribution < -0.4 is 0 Å². The molecule has 164 valence electrons. The number of ether oxygens (including phenoxy) is 2. The number of pyridine rings is 2. The number of nitrogens with zero attached hydrogens (tertiary/aromatic N) is 5. The summed E-state index contributed by atoms with van der Waals surface area (Å²) in [5.74, 6) is 0. The first-order valence-corrected chi connectivity index (χ1v) is 11.1. The zero-order valence-electron chi connectivity index (χ0n) is 18.6. The van der Waals surface area contributed by atoms with Crippen LogP contribution >= 0.6 is 0 Å². The largest absolute Gasteiger partial charge is 0.345 e. The topological polar surface area (TPSA) is 55.1 Å². The number of imidazole rings is 1. The van der Waals surface area contributed by atoms with Gasteiger partial charge in [-0.3, -0.25) is 14.3 Å². The number of aromatic nitrogens is 3. The molecule has 0 saturated carbocycles. The van der Waals surface area contributed by atoms with Gasteiger partial charge < -0.3 is 14.4 Å². The molecule has 2 aliphatic rings. The maximum atomic E-state index is 6.18. The smallest absolute Gasteiger partial charge is 0.201 e. The number of hydrogen-bond donors (Lipinski definition) is 0. The second-order valence-corrected chi connectivity index (χ2v) is 8.82. The van der Waals surface area contributed by atoms with Crippen molar-refractivity contribution in [2.24, 2.45) is 0 Å². The van der Waals surface area contributed by atoms with Crippen molar-refractivity contribution in [1.82, 2.24) is 24.2 Å². The highest BCUT2D eigenvalue weighted by Gasteiger charge is 2.33. The second-order valence-electron chi connectivity index (χ2n) is 8.82. The Morgan fingerprint density at radius 3 is 2.74 bits per heavy atom. The molecule has 0 radical (unpaired) electrons. The minimum absolute atomic E-state index is 0.272. The van der Waals surface area contributed by atoms with Gasteiger partial charge >= 0.3 is 0 Å². The first-order valence-electron chi connectivity index (χ1n) is 11.1. The summed E-state index contributed by atoms with van der Waals surface area (Å²) in [7, 11) is 4.12. The highest BCUT2D eigenvalue weighted by atomic mass is 16.7. The van der Waals surface area contributed by atoms with E-state index < -0.39 is 6.29 Å². The zero-order chi connectivity index (χ0) is 21.4. The number of likely N-dealkylation sites (tertiary alicyclic amines) is 1. The Kier molecular flexibility index (Phi) is 5.75. The molecule has 0 bridgehead atoms. The van der Waals surface area contributed by atoms with Crippen LogP contribution in [0.1, 0.15) is 47.8 Å². The van der Waals surface area contributed by atoms with Crippen molar-refractivity contribution in [3.8, 4) is 0 Å². The fourth-order valence-electron chi connectivity index (χ4n) is 4.74. The van der Waals surface area contributed by atoms with Crippen LogP contribution in [0.3, 0.4) is 0 Å². The average Bonchev–Trinajstić information content (AvgIpc) is 3.38. The maximum absolute atomic E-state index is 6.18. The van der Waals surface area contributed by atoms with Gasteiger partial charge in [-0.25, -0.2) is 4.98 Å². The van der Waals surface area contributed by atoms with Crippen LogP contribution in [-0.4, -0.2) is 64.1 Å². The number of aryl methyl sites for hydroxylation is 1. The van der Waals surface area contributed by atoms with Crippen LogP contribution in [0.5, 0.6) is 0 Å². The molecule has 3 aromatic rings. The lowest BCUT2D eigenvalue weighted by Crippen LogP contribution is -2.41. The Balaban J connectivity index is 1.45. The number of likely N-dealkylation sites (N-methyl/N-ethyl adjacent to an activating group) is 1. The first kappa shape index (κ1) is 20.6. The monoisotopic (exact) mass is 421 g/mol. The molecule has 0 amide bonds. The number of hydrogen-bond acceptors (Lipinski definition) is 6. The van der Waals surface area contributed by atoms with Crippen molar-refractivity contribution in [3.05, 3.63) is 65.4 Å². The molecule has 0 aliphatic carbocycles. The lowest BCUT2D eigenvalue weighted by Gasteiger charge is -2.33. The zero-order valence-corrected chi connectivity index (χ0v) is 18.6. The van der Waals surface area contributed by atoms with Crippen LogP contribution in [0.2, 0.25) is 0 Å². The Morgan fingerprint density at radius 2 is 1.97 bits per heavy atom. The maximum Gasteiger partial charge on any atom is 0.201 e. The van der Waals surface area contributed by atoms with Crippen molar-refractivity contribution in [1.29, 1.82) is 0 Å². The Hall–Kier alpha value is -2.32. The first-order chi connectivity index (χ1) is 15.1. The van der Waals surface area contributed by atoms with Gasteiger partial charge in [0.25, 0.3) is 0 Å². The molecule has 1 unspecified atom stereocenters. The molecule has 0 spiro atoms. The van der Waals surface area contributed by atoms with Gasteiger partial charge in [0, 0.05) is 18.9 Å². The van der Waals surface area contributed by atoms with Gasteiger partial charge in [-0.05, 0) is 64.2 Å². The summed E-state index contributed by atoms with van der Waals surface area (Å²) < 4.78 is 14.5. The predicted molar refractivity (Wildman–Crippen MR) is 119 cm³/mol. The van der Waals surface area contributed by atoms with Crippen molar-refractivity contribution < 1.29 is 9.47 Å². The summed E-state index contributed by atoms with van der Waals surface area (Å²) in [6.45, 7) is 5.26. The fourth-order valence-corrected chi connectivity index (χ4v) is 4.74. The van der Waals surface area contributed by atoms with E-state index in [2.05, 4.69) is 47.5 Å². The molecule has 2 fully saturated rings. The Morgan fingerprint density at radius 1 is 1.13 bits per heavy atom. The highest BCUT2D eigenvalue weighted by Crippen LogP contribution is 2.35. The highest BCUT2D eigenvalue weighted by molar-refractivity contribution is 5.43. The summed E-state index contributed by atoms with van der Waals surface area (Å²) in [5, 5.41) is 0. The van der Waals surface area contributed by atoms with Crippen molar-refractivity contribution in [3.63, 3.8) is 0 Å². The van der Waals surface area contributed by atoms with Crippen molar-refractivity contribution in [2.75, 3.05) is 33.9 Å². The molecule has 5 rings (SSSR count). The molecule has 5 heterocycles. The minimum Gasteiger partial charge on any atom is -0.345 e. The average molecular weight is 422 g/mol. The Bertz CT molecular complexity index is 1040. The molecular formula is C24H31N5O2. The standard InChI is InChI=1S/C24H31N5O2/c1-17-8-6-11-25-22(17)20-9-7-12-28(20)14-19-23(29-13-5-4-10-21(29)26-19)24-30-15-18(16-31-24)27(2)3/h4-6,8,10-11,13,18,20,24H,7,9,12,14-16H2,1-3H3. The summed E-state index contributed by atoms with van der Waals surface area (Å²) >= 11 is 0. The third kappa shape index (κ3) is 3.99. The number of fused-ring (bicyclic) bond motifs is 1. The van der Waals surface area contributed by atoms with Gasteiger partial charge in [-0.1, -0.05) is 12.1 Å². The van der Waals surface area contributed by atoms with Gasteiger partial charge in [0.05, 0.1) is 36.7 Å².